The fourth-order valence-corrected chi connectivity index (χ4v) is 3.74. The first kappa shape index (κ1) is 28.8. The molecule has 0 spiro atoms. The maximum Gasteiger partial charge on any atom is 0.132 e. The molecule has 0 atom stereocenters. The topological polar surface area (TPSA) is 47.6 Å². The van der Waals surface area contributed by atoms with E-state index in [1.165, 1.54) is 116 Å². The van der Waals surface area contributed by atoms with Crippen LogP contribution in [-0.2, 0) is 4.79 Å². The average Bonchev–Trinajstić information content (AvgIpc) is 2.64. The van der Waals surface area contributed by atoms with Gasteiger partial charge in [-0.2, -0.15) is 0 Å². The van der Waals surface area contributed by atoms with Crippen molar-refractivity contribution in [2.45, 2.75) is 155 Å². The van der Waals surface area contributed by atoms with E-state index in [4.69, 9.17) is 0 Å². The molecule has 2 nitrogen and oxygen atoms in total. The summed E-state index contributed by atoms with van der Waals surface area (Å²) in [7, 11) is 0. The van der Waals surface area contributed by atoms with Gasteiger partial charge in [0, 0.05) is 19.0 Å². The molecule has 161 valence electrons. The van der Waals surface area contributed by atoms with Gasteiger partial charge in [0.2, 0.25) is 0 Å². The molecule has 0 aromatic rings. The lowest BCUT2D eigenvalue weighted by atomic mass is 10.0. The number of ketones is 1. The number of carbonyl (C=O) groups excluding carboxylic acids is 1. The third kappa shape index (κ3) is 25.6. The Morgan fingerprint density at radius 1 is 0.407 bits per heavy atom. The van der Waals surface area contributed by atoms with Gasteiger partial charge >= 0.3 is 0 Å². The Bertz CT molecular complexity index is 251. The second-order valence-corrected chi connectivity index (χ2v) is 8.40. The van der Waals surface area contributed by atoms with E-state index < -0.39 is 0 Å². The molecule has 0 aliphatic carbocycles. The third-order valence-corrected chi connectivity index (χ3v) is 5.62. The summed E-state index contributed by atoms with van der Waals surface area (Å²) in [5.74, 6) is 0.518. The largest absolute Gasteiger partial charge is 0.300 e. The van der Waals surface area contributed by atoms with Crippen molar-refractivity contribution in [3.8, 4) is 0 Å². The fraction of sp³-hybridized carbons (Fsp3) is 0.960. The highest BCUT2D eigenvalue weighted by Gasteiger charge is 2.02. The molecule has 0 aromatic carbocycles. The smallest absolute Gasteiger partial charge is 0.132 e. The van der Waals surface area contributed by atoms with E-state index in [9.17, 15) is 4.79 Å². The predicted octanol–water partition coefficient (Wildman–Crippen LogP) is 8.70. The van der Waals surface area contributed by atoms with Crippen molar-refractivity contribution in [3.63, 3.8) is 0 Å². The zero-order chi connectivity index (χ0) is 19.1. The number of nitrogens with zero attached hydrogens (tertiary/aromatic N) is 1. The molecule has 0 heterocycles. The molecule has 0 amide bonds. The molecule has 0 N–H and O–H groups in total. The first-order valence-corrected chi connectivity index (χ1v) is 12.3. The van der Waals surface area contributed by atoms with Gasteiger partial charge in [-0.05, 0) is 12.8 Å². The van der Waals surface area contributed by atoms with Gasteiger partial charge in [0.25, 0.3) is 0 Å². The zero-order valence-electron chi connectivity index (χ0n) is 18.9. The average molecular weight is 381 g/mol. The van der Waals surface area contributed by atoms with Crippen LogP contribution in [0.15, 0.2) is 0 Å². The molecule has 0 fully saturated rings. The Hall–Kier alpha value is -0.370. The third-order valence-electron chi connectivity index (χ3n) is 5.62. The lowest BCUT2D eigenvalue weighted by molar-refractivity contribution is -0.119. The first-order valence-electron chi connectivity index (χ1n) is 12.3. The first-order chi connectivity index (χ1) is 12.8. The van der Waals surface area contributed by atoms with Crippen molar-refractivity contribution in [1.29, 1.82) is 0 Å². The molecular weight excluding hydrogens is 330 g/mol. The monoisotopic (exact) mass is 380 g/mol. The van der Waals surface area contributed by atoms with Crippen LogP contribution in [0.3, 0.4) is 0 Å². The van der Waals surface area contributed by atoms with Crippen LogP contribution in [0.2, 0.25) is 0 Å². The number of hydrogen-bond acceptors (Lipinski definition) is 1. The minimum absolute atomic E-state index is 0. The molecule has 0 aliphatic heterocycles. The van der Waals surface area contributed by atoms with E-state index in [1.54, 1.807) is 0 Å². The molecule has 0 saturated carbocycles. The Kier molecular flexibility index (Phi) is 27.4. The van der Waals surface area contributed by atoms with Crippen molar-refractivity contribution >= 4 is 5.78 Å². The minimum Gasteiger partial charge on any atom is -0.300 e. The summed E-state index contributed by atoms with van der Waals surface area (Å²) in [6.45, 7) is 4.55. The molecule has 2 heteroatoms. The van der Waals surface area contributed by atoms with E-state index in [-0.39, 0.29) is 6.15 Å². The van der Waals surface area contributed by atoms with Gasteiger partial charge in [-0.25, -0.2) is 0 Å². The maximum absolute atomic E-state index is 11.9. The number of Topliss-reactive ketones (excluding diaryl/α,β-unsaturated/α-hetero) is 1. The van der Waals surface area contributed by atoms with Gasteiger partial charge in [-0.1, -0.05) is 129 Å². The van der Waals surface area contributed by atoms with Crippen LogP contribution in [0.25, 0.3) is 0 Å². The van der Waals surface area contributed by atoms with Gasteiger partial charge in [0.1, 0.15) is 5.78 Å². The van der Waals surface area contributed by atoms with Gasteiger partial charge in [-0.15, -0.1) is 0 Å². The van der Waals surface area contributed by atoms with Crippen molar-refractivity contribution in [2.75, 3.05) is 0 Å². The summed E-state index contributed by atoms with van der Waals surface area (Å²) in [6.07, 6.45) is 28.7. The van der Waals surface area contributed by atoms with Crippen molar-refractivity contribution in [2.24, 2.45) is 0 Å². The lowest BCUT2D eigenvalue weighted by Gasteiger charge is -2.04. The molecule has 0 aliphatic rings. The van der Waals surface area contributed by atoms with Gasteiger partial charge in [0.15, 0.2) is 0 Å². The zero-order valence-corrected chi connectivity index (χ0v) is 18.9. The molecule has 0 bridgehead atoms. The minimum atomic E-state index is 0. The molecule has 0 unspecified atom stereocenters. The number of hydrogen-bond donors (Lipinski definition) is 0. The van der Waals surface area contributed by atoms with Crippen LogP contribution in [0.1, 0.15) is 155 Å². The molecule has 3 radical (unpaired) electrons. The molecule has 27 heavy (non-hydrogen) atoms. The summed E-state index contributed by atoms with van der Waals surface area (Å²) in [6, 6.07) is 0. The Labute approximate surface area is 172 Å². The highest BCUT2D eigenvalue weighted by atomic mass is 16.1. The van der Waals surface area contributed by atoms with Gasteiger partial charge < -0.3 is 0 Å². The standard InChI is InChI=1S/C25H50O.N/c1-3-5-7-9-11-13-15-17-19-21-23-25(26)24-22-20-18-16-14-12-10-8-6-4-2;/h3-24H2,1-2H3;. The van der Waals surface area contributed by atoms with Crippen LogP contribution in [0.5, 0.6) is 0 Å². The Balaban J connectivity index is 0. The van der Waals surface area contributed by atoms with Crippen LogP contribution in [-0.4, -0.2) is 5.78 Å². The van der Waals surface area contributed by atoms with Crippen LogP contribution < -0.4 is 6.15 Å². The highest BCUT2D eigenvalue weighted by Crippen LogP contribution is 2.14. The van der Waals surface area contributed by atoms with Crippen LogP contribution >= 0.6 is 0 Å². The normalized spacial score (nSPS) is 10.7. The van der Waals surface area contributed by atoms with Crippen molar-refractivity contribution < 1.29 is 4.79 Å². The van der Waals surface area contributed by atoms with Gasteiger partial charge in [-0.3, -0.25) is 4.79 Å². The number of unbranched alkanes of at least 4 members (excludes halogenated alkanes) is 18. The van der Waals surface area contributed by atoms with E-state index in [0.29, 0.717) is 5.78 Å². The van der Waals surface area contributed by atoms with Crippen LogP contribution in [0.4, 0.5) is 0 Å². The molecule has 0 saturated heterocycles. The highest BCUT2D eigenvalue weighted by molar-refractivity contribution is 5.78. The molecule has 0 aromatic heterocycles. The second-order valence-electron chi connectivity index (χ2n) is 8.40. The van der Waals surface area contributed by atoms with Crippen LogP contribution in [0, 0.1) is 0 Å². The summed E-state index contributed by atoms with van der Waals surface area (Å²) in [4.78, 5) is 11.9. The molecule has 0 rings (SSSR count). The van der Waals surface area contributed by atoms with Crippen molar-refractivity contribution in [3.05, 3.63) is 0 Å². The number of rotatable bonds is 22. The summed E-state index contributed by atoms with van der Waals surface area (Å²) in [5, 5.41) is 0. The van der Waals surface area contributed by atoms with E-state index in [1.807, 2.05) is 0 Å². The lowest BCUT2D eigenvalue weighted by Crippen LogP contribution is -1.97. The quantitative estimate of drug-likeness (QED) is 0.173. The van der Waals surface area contributed by atoms with Crippen molar-refractivity contribution in [1.82, 2.24) is 6.15 Å². The fourth-order valence-electron chi connectivity index (χ4n) is 3.74. The Morgan fingerprint density at radius 2 is 0.630 bits per heavy atom. The summed E-state index contributed by atoms with van der Waals surface area (Å²) < 4.78 is 0. The van der Waals surface area contributed by atoms with E-state index in [2.05, 4.69) is 13.8 Å². The van der Waals surface area contributed by atoms with E-state index in [0.717, 1.165) is 25.7 Å². The summed E-state index contributed by atoms with van der Waals surface area (Å²) in [5.41, 5.74) is 0. The maximum atomic E-state index is 11.9. The summed E-state index contributed by atoms with van der Waals surface area (Å²) >= 11 is 0. The predicted molar refractivity (Wildman–Crippen MR) is 120 cm³/mol. The van der Waals surface area contributed by atoms with E-state index >= 15 is 0 Å². The second kappa shape index (κ2) is 25.6. The molecular formula is C25H50NO. The van der Waals surface area contributed by atoms with Gasteiger partial charge in [0.05, 0.1) is 0 Å². The SMILES string of the molecule is CCCCCCCCCCCCC(=O)CCCCCCCCCCCC.[N]. The Morgan fingerprint density at radius 3 is 0.889 bits per heavy atom. The number of carbonyl (C=O) groups is 1.